The third kappa shape index (κ3) is 3.04. The molecule has 0 fully saturated rings. The van der Waals surface area contributed by atoms with E-state index in [1.807, 2.05) is 26.0 Å². The number of anilines is 3. The van der Waals surface area contributed by atoms with Crippen molar-refractivity contribution < 1.29 is 13.2 Å². The van der Waals surface area contributed by atoms with Gasteiger partial charge in [0.15, 0.2) is 0 Å². The van der Waals surface area contributed by atoms with Gasteiger partial charge in [-0.3, -0.25) is 0 Å². The van der Waals surface area contributed by atoms with E-state index in [1.54, 1.807) is 6.07 Å². The fraction of sp³-hybridized carbons (Fsp3) is 0.200. The van der Waals surface area contributed by atoms with Gasteiger partial charge in [-0.25, -0.2) is 0 Å². The first kappa shape index (κ1) is 14.2. The molecule has 2 aromatic rings. The van der Waals surface area contributed by atoms with E-state index in [-0.39, 0.29) is 11.4 Å². The number of aryl methyl sites for hydroxylation is 2. The molecule has 0 unspecified atom stereocenters. The van der Waals surface area contributed by atoms with Crippen molar-refractivity contribution in [2.45, 2.75) is 20.0 Å². The van der Waals surface area contributed by atoms with Crippen LogP contribution in [0, 0.1) is 13.8 Å². The van der Waals surface area contributed by atoms with Gasteiger partial charge < -0.3 is 11.1 Å². The average molecular weight is 280 g/mol. The number of hydrogen-bond donors (Lipinski definition) is 2. The lowest BCUT2D eigenvalue weighted by atomic mass is 10.1. The minimum absolute atomic E-state index is 0.00125. The van der Waals surface area contributed by atoms with E-state index >= 15 is 0 Å². The summed E-state index contributed by atoms with van der Waals surface area (Å²) in [5.74, 6) is 0. The molecular weight excluding hydrogens is 265 g/mol. The molecule has 0 aliphatic heterocycles. The van der Waals surface area contributed by atoms with Gasteiger partial charge in [-0.05, 0) is 43.7 Å². The molecule has 0 saturated carbocycles. The van der Waals surface area contributed by atoms with Crippen LogP contribution in [0.5, 0.6) is 0 Å². The zero-order valence-electron chi connectivity index (χ0n) is 11.2. The molecule has 5 heteroatoms. The van der Waals surface area contributed by atoms with Crippen molar-refractivity contribution in [2.24, 2.45) is 0 Å². The van der Waals surface area contributed by atoms with Crippen molar-refractivity contribution in [1.29, 1.82) is 0 Å². The zero-order valence-corrected chi connectivity index (χ0v) is 11.2. The number of rotatable bonds is 2. The summed E-state index contributed by atoms with van der Waals surface area (Å²) in [4.78, 5) is 0. The van der Waals surface area contributed by atoms with Crippen LogP contribution in [0.15, 0.2) is 36.4 Å². The smallest absolute Gasteiger partial charge is 0.399 e. The van der Waals surface area contributed by atoms with Crippen molar-refractivity contribution in [3.8, 4) is 0 Å². The summed E-state index contributed by atoms with van der Waals surface area (Å²) in [6, 6.07) is 9.25. The molecule has 2 nitrogen and oxygen atoms in total. The molecule has 0 aliphatic carbocycles. The molecule has 106 valence electrons. The number of nitrogens with one attached hydrogen (secondary N) is 1. The first-order valence-electron chi connectivity index (χ1n) is 6.08. The largest absolute Gasteiger partial charge is 0.418 e. The highest BCUT2D eigenvalue weighted by molar-refractivity contribution is 5.69. The van der Waals surface area contributed by atoms with E-state index in [9.17, 15) is 13.2 Å². The topological polar surface area (TPSA) is 38.0 Å². The molecule has 20 heavy (non-hydrogen) atoms. The monoisotopic (exact) mass is 280 g/mol. The Balaban J connectivity index is 2.43. The molecular formula is C15H15F3N2. The van der Waals surface area contributed by atoms with Crippen LogP contribution in [0.25, 0.3) is 0 Å². The van der Waals surface area contributed by atoms with Crippen LogP contribution < -0.4 is 11.1 Å². The lowest BCUT2D eigenvalue weighted by Crippen LogP contribution is -2.10. The van der Waals surface area contributed by atoms with Crippen molar-refractivity contribution in [2.75, 3.05) is 11.1 Å². The lowest BCUT2D eigenvalue weighted by molar-refractivity contribution is -0.136. The molecule has 0 aromatic heterocycles. The number of halogens is 3. The highest BCUT2D eigenvalue weighted by Gasteiger charge is 2.33. The Morgan fingerprint density at radius 2 is 1.60 bits per heavy atom. The molecule has 0 bridgehead atoms. The van der Waals surface area contributed by atoms with Crippen LogP contribution in [0.4, 0.5) is 30.2 Å². The van der Waals surface area contributed by atoms with Gasteiger partial charge in [-0.1, -0.05) is 17.7 Å². The third-order valence-corrected chi connectivity index (χ3v) is 3.00. The molecule has 2 rings (SSSR count). The Hall–Kier alpha value is -2.17. The van der Waals surface area contributed by atoms with Crippen molar-refractivity contribution in [1.82, 2.24) is 0 Å². The minimum atomic E-state index is -4.45. The number of alkyl halides is 3. The number of hydrogen-bond acceptors (Lipinski definition) is 2. The number of benzene rings is 2. The van der Waals surface area contributed by atoms with Crippen LogP contribution in [0.2, 0.25) is 0 Å². The quantitative estimate of drug-likeness (QED) is 0.786. The van der Waals surface area contributed by atoms with Gasteiger partial charge >= 0.3 is 6.18 Å². The summed E-state index contributed by atoms with van der Waals surface area (Å²) in [5.41, 5.74) is 7.34. The number of nitrogens with two attached hydrogens (primary N) is 1. The maximum Gasteiger partial charge on any atom is 0.418 e. The van der Waals surface area contributed by atoms with E-state index < -0.39 is 11.7 Å². The Kier molecular flexibility index (Phi) is 3.61. The maximum absolute atomic E-state index is 13.0. The van der Waals surface area contributed by atoms with E-state index in [1.165, 1.54) is 12.1 Å². The zero-order chi connectivity index (χ0) is 14.9. The average Bonchev–Trinajstić information content (AvgIpc) is 2.33. The fourth-order valence-corrected chi connectivity index (χ4v) is 2.00. The summed E-state index contributed by atoms with van der Waals surface area (Å²) >= 11 is 0. The van der Waals surface area contributed by atoms with Gasteiger partial charge in [-0.2, -0.15) is 13.2 Å². The van der Waals surface area contributed by atoms with Crippen LogP contribution in [-0.4, -0.2) is 0 Å². The molecule has 0 aliphatic rings. The van der Waals surface area contributed by atoms with E-state index in [0.29, 0.717) is 5.69 Å². The predicted molar refractivity (Wildman–Crippen MR) is 75.1 cm³/mol. The summed E-state index contributed by atoms with van der Waals surface area (Å²) < 4.78 is 39.0. The second kappa shape index (κ2) is 5.07. The molecule has 0 atom stereocenters. The summed E-state index contributed by atoms with van der Waals surface area (Å²) in [5, 5.41) is 2.83. The molecule has 2 aromatic carbocycles. The lowest BCUT2D eigenvalue weighted by Gasteiger charge is -2.16. The first-order chi connectivity index (χ1) is 9.27. The Morgan fingerprint density at radius 3 is 2.20 bits per heavy atom. The number of nitrogen functional groups attached to an aromatic ring is 1. The fourth-order valence-electron chi connectivity index (χ4n) is 2.00. The Bertz CT molecular complexity index is 634. The SMILES string of the molecule is Cc1ccc(Nc2ccc(N)cc2C(F)(F)F)c(C)c1. The molecule has 0 heterocycles. The van der Waals surface area contributed by atoms with Crippen LogP contribution >= 0.6 is 0 Å². The molecule has 0 saturated heterocycles. The normalized spacial score (nSPS) is 11.4. The van der Waals surface area contributed by atoms with Gasteiger partial charge in [0.2, 0.25) is 0 Å². The Labute approximate surface area is 115 Å². The summed E-state index contributed by atoms with van der Waals surface area (Å²) in [6.45, 7) is 3.78. The first-order valence-corrected chi connectivity index (χ1v) is 6.08. The van der Waals surface area contributed by atoms with E-state index in [4.69, 9.17) is 5.73 Å². The van der Waals surface area contributed by atoms with Crippen molar-refractivity contribution in [3.05, 3.63) is 53.1 Å². The van der Waals surface area contributed by atoms with Crippen LogP contribution in [0.3, 0.4) is 0 Å². The van der Waals surface area contributed by atoms with Crippen LogP contribution in [-0.2, 0) is 6.18 Å². The van der Waals surface area contributed by atoms with Gasteiger partial charge in [0.25, 0.3) is 0 Å². The van der Waals surface area contributed by atoms with Gasteiger partial charge in [-0.15, -0.1) is 0 Å². The highest BCUT2D eigenvalue weighted by atomic mass is 19.4. The standard InChI is InChI=1S/C15H15F3N2/c1-9-3-5-13(10(2)7-9)20-14-6-4-11(19)8-12(14)15(16,17)18/h3-8,20H,19H2,1-2H3. The van der Waals surface area contributed by atoms with E-state index in [2.05, 4.69) is 5.32 Å². The molecule has 0 spiro atoms. The molecule has 3 N–H and O–H groups in total. The van der Waals surface area contributed by atoms with Crippen molar-refractivity contribution in [3.63, 3.8) is 0 Å². The summed E-state index contributed by atoms with van der Waals surface area (Å²) in [6.07, 6.45) is -4.45. The van der Waals surface area contributed by atoms with Crippen LogP contribution in [0.1, 0.15) is 16.7 Å². The Morgan fingerprint density at radius 1 is 0.950 bits per heavy atom. The third-order valence-electron chi connectivity index (χ3n) is 3.00. The minimum Gasteiger partial charge on any atom is -0.399 e. The van der Waals surface area contributed by atoms with Gasteiger partial charge in [0, 0.05) is 11.4 Å². The second-order valence-corrected chi connectivity index (χ2v) is 4.75. The summed E-state index contributed by atoms with van der Waals surface area (Å²) in [7, 11) is 0. The predicted octanol–water partition coefficient (Wildman–Crippen LogP) is 4.65. The second-order valence-electron chi connectivity index (χ2n) is 4.75. The molecule has 0 amide bonds. The van der Waals surface area contributed by atoms with Crippen molar-refractivity contribution >= 4 is 17.1 Å². The maximum atomic E-state index is 13.0. The van der Waals surface area contributed by atoms with Gasteiger partial charge in [0.1, 0.15) is 0 Å². The van der Waals surface area contributed by atoms with E-state index in [0.717, 1.165) is 17.2 Å². The molecule has 0 radical (unpaired) electrons. The highest BCUT2D eigenvalue weighted by Crippen LogP contribution is 2.37. The van der Waals surface area contributed by atoms with Gasteiger partial charge in [0.05, 0.1) is 11.3 Å².